The molecule has 3 atom stereocenters. The minimum atomic E-state index is -0.144. The van der Waals surface area contributed by atoms with Crippen molar-refractivity contribution < 1.29 is 14.3 Å². The smallest absolute Gasteiger partial charge is 0.254 e. The second-order valence-corrected chi connectivity index (χ2v) is 14.4. The van der Waals surface area contributed by atoms with E-state index in [9.17, 15) is 9.59 Å². The summed E-state index contributed by atoms with van der Waals surface area (Å²) >= 11 is 0. The highest BCUT2D eigenvalue weighted by atomic mass is 16.5. The second-order valence-electron chi connectivity index (χ2n) is 14.4. The van der Waals surface area contributed by atoms with E-state index in [2.05, 4.69) is 26.6 Å². The number of carbonyl (C=O) groups is 2. The number of anilines is 1. The average Bonchev–Trinajstić information content (AvgIpc) is 3.48. The van der Waals surface area contributed by atoms with Crippen LogP contribution in [0.1, 0.15) is 55.5 Å². The van der Waals surface area contributed by atoms with Crippen LogP contribution in [0.4, 0.5) is 5.69 Å². The van der Waals surface area contributed by atoms with Crippen LogP contribution in [0.3, 0.4) is 0 Å². The predicted octanol–water partition coefficient (Wildman–Crippen LogP) is 6.45. The molecule has 4 heterocycles. The number of fused-ring (bicyclic) bond motifs is 4. The molecule has 0 spiro atoms. The maximum Gasteiger partial charge on any atom is 0.254 e. The Morgan fingerprint density at radius 3 is 2.57 bits per heavy atom. The van der Waals surface area contributed by atoms with Crippen LogP contribution in [0.5, 0.6) is 5.75 Å². The fraction of sp³-hybridized carbons (Fsp3) is 0.385. The standard InChI is InChI=1S/C39H43N7O3/c1-21(2)15-34(47)41-28-8-6-7-27(22(28)3)29-13-11-24-17-32(45(37(24)42-29)19-23-9-10-23)38-43-30-16-26(18-33(49-5)36(30)44(38)4)39(48)46-20-25-12-14-31(46)35(25)40/h6-8,11,13,15-18,23,25,31,35H,9-10,12,14,19-20,40H2,1-5H3,(H,41,47)/t25?,31?,35-/m1/s1. The topological polar surface area (TPSA) is 120 Å². The number of nitrogens with one attached hydrogen (secondary N) is 1. The Labute approximate surface area is 285 Å². The zero-order chi connectivity index (χ0) is 34.1. The van der Waals surface area contributed by atoms with E-state index in [4.69, 9.17) is 20.4 Å². The van der Waals surface area contributed by atoms with Gasteiger partial charge in [-0.05, 0) is 100 Å². The van der Waals surface area contributed by atoms with E-state index < -0.39 is 0 Å². The normalized spacial score (nSPS) is 20.0. The molecule has 2 aromatic carbocycles. The first-order valence-corrected chi connectivity index (χ1v) is 17.3. The Kier molecular flexibility index (Phi) is 7.59. The number of aromatic nitrogens is 4. The molecule has 3 aliphatic rings. The summed E-state index contributed by atoms with van der Waals surface area (Å²) in [4.78, 5) is 38.7. The molecule has 5 aromatic rings. The largest absolute Gasteiger partial charge is 0.494 e. The molecule has 49 heavy (non-hydrogen) atoms. The van der Waals surface area contributed by atoms with Crippen LogP contribution in [-0.4, -0.2) is 61.6 Å². The van der Waals surface area contributed by atoms with Gasteiger partial charge in [0.05, 0.1) is 24.0 Å². The van der Waals surface area contributed by atoms with Crippen molar-refractivity contribution in [2.45, 2.75) is 65.1 Å². The number of pyridine rings is 1. The van der Waals surface area contributed by atoms with Gasteiger partial charge in [-0.2, -0.15) is 0 Å². The molecular formula is C39H43N7O3. The number of imidazole rings is 1. The number of nitrogens with two attached hydrogens (primary N) is 1. The number of likely N-dealkylation sites (tertiary alicyclic amines) is 1. The third-order valence-electron chi connectivity index (χ3n) is 10.7. The lowest BCUT2D eigenvalue weighted by Crippen LogP contribution is -2.41. The highest BCUT2D eigenvalue weighted by Gasteiger charge is 2.47. The maximum atomic E-state index is 13.8. The maximum absolute atomic E-state index is 13.8. The van der Waals surface area contributed by atoms with Gasteiger partial charge >= 0.3 is 0 Å². The number of amides is 2. The van der Waals surface area contributed by atoms with Crippen molar-refractivity contribution in [2.75, 3.05) is 19.0 Å². The first kappa shape index (κ1) is 31.3. The van der Waals surface area contributed by atoms with Gasteiger partial charge in [0.15, 0.2) is 5.82 Å². The minimum Gasteiger partial charge on any atom is -0.494 e. The van der Waals surface area contributed by atoms with Crippen LogP contribution in [0, 0.1) is 18.8 Å². The highest BCUT2D eigenvalue weighted by Crippen LogP contribution is 2.40. The van der Waals surface area contributed by atoms with E-state index in [1.54, 1.807) is 13.2 Å². The van der Waals surface area contributed by atoms with Crippen LogP contribution in [0.25, 0.3) is 44.8 Å². The fourth-order valence-electron chi connectivity index (χ4n) is 7.95. The zero-order valence-electron chi connectivity index (χ0n) is 28.8. The third-order valence-corrected chi connectivity index (χ3v) is 10.7. The summed E-state index contributed by atoms with van der Waals surface area (Å²) in [6, 6.07) is 16.2. The lowest BCUT2D eigenvalue weighted by Gasteiger charge is -2.27. The first-order chi connectivity index (χ1) is 23.6. The van der Waals surface area contributed by atoms with Crippen LogP contribution in [-0.2, 0) is 18.4 Å². The third kappa shape index (κ3) is 5.38. The number of ether oxygens (including phenoxy) is 1. The molecule has 3 aromatic heterocycles. The zero-order valence-corrected chi connectivity index (χ0v) is 28.8. The second kappa shape index (κ2) is 11.9. The molecule has 0 radical (unpaired) electrons. The summed E-state index contributed by atoms with van der Waals surface area (Å²) in [6.07, 6.45) is 6.03. The number of carbonyl (C=O) groups excluding carboxylic acids is 2. The molecule has 10 heteroatoms. The van der Waals surface area contributed by atoms with Crippen molar-refractivity contribution in [1.29, 1.82) is 0 Å². The fourth-order valence-corrected chi connectivity index (χ4v) is 7.95. The molecule has 2 saturated carbocycles. The number of nitrogens with zero attached hydrogens (tertiary/aromatic N) is 5. The summed E-state index contributed by atoms with van der Waals surface area (Å²) in [6.45, 7) is 7.38. The number of piperidine rings is 1. The Bertz CT molecular complexity index is 2190. The lowest BCUT2D eigenvalue weighted by atomic mass is 10.0. The molecule has 1 aliphatic heterocycles. The van der Waals surface area contributed by atoms with Gasteiger partial charge in [-0.1, -0.05) is 17.7 Å². The quantitative estimate of drug-likeness (QED) is 0.185. The number of hydrogen-bond acceptors (Lipinski definition) is 6. The van der Waals surface area contributed by atoms with Crippen molar-refractivity contribution in [3.05, 3.63) is 71.3 Å². The SMILES string of the molecule is COc1cc(C(=O)N2CC3CCC2[C@@H]3N)cc2nc(-c3cc4ccc(-c5cccc(NC(=O)C=C(C)C)c5C)nc4n3CC3CC3)n(C)c12. The van der Waals surface area contributed by atoms with Gasteiger partial charge < -0.3 is 29.8 Å². The van der Waals surface area contributed by atoms with Crippen molar-refractivity contribution in [1.82, 2.24) is 24.0 Å². The number of allylic oxidation sites excluding steroid dienone is 1. The lowest BCUT2D eigenvalue weighted by molar-refractivity contribution is -0.112. The Balaban J connectivity index is 1.20. The van der Waals surface area contributed by atoms with Crippen LogP contribution in [0.15, 0.2) is 60.2 Å². The number of benzene rings is 2. The summed E-state index contributed by atoms with van der Waals surface area (Å²) < 4.78 is 10.2. The van der Waals surface area contributed by atoms with Crippen LogP contribution in [0.2, 0.25) is 0 Å². The Morgan fingerprint density at radius 1 is 1.06 bits per heavy atom. The molecule has 2 aliphatic carbocycles. The van der Waals surface area contributed by atoms with Gasteiger partial charge in [0.1, 0.15) is 16.9 Å². The molecule has 2 bridgehead atoms. The first-order valence-electron chi connectivity index (χ1n) is 17.3. The Morgan fingerprint density at radius 2 is 1.88 bits per heavy atom. The Hall–Kier alpha value is -4.96. The van der Waals surface area contributed by atoms with Gasteiger partial charge in [0.25, 0.3) is 5.91 Å². The average molecular weight is 658 g/mol. The van der Waals surface area contributed by atoms with Gasteiger partial charge in [-0.3, -0.25) is 9.59 Å². The molecule has 2 unspecified atom stereocenters. The van der Waals surface area contributed by atoms with E-state index in [1.165, 1.54) is 12.8 Å². The van der Waals surface area contributed by atoms with E-state index in [0.29, 0.717) is 35.2 Å². The van der Waals surface area contributed by atoms with Crippen LogP contribution >= 0.6 is 0 Å². The summed E-state index contributed by atoms with van der Waals surface area (Å²) in [7, 11) is 3.65. The van der Waals surface area contributed by atoms with E-state index in [0.717, 1.165) is 75.5 Å². The number of hydrogen-bond donors (Lipinski definition) is 2. The molecule has 2 amide bonds. The van der Waals surface area contributed by atoms with E-state index in [1.807, 2.05) is 69.1 Å². The number of rotatable bonds is 8. The van der Waals surface area contributed by atoms with E-state index in [-0.39, 0.29) is 23.9 Å². The monoisotopic (exact) mass is 657 g/mol. The summed E-state index contributed by atoms with van der Waals surface area (Å²) in [5, 5.41) is 4.05. The van der Waals surface area contributed by atoms with Gasteiger partial charge in [-0.15, -0.1) is 0 Å². The van der Waals surface area contributed by atoms with Gasteiger partial charge in [0, 0.05) is 60.5 Å². The van der Waals surface area contributed by atoms with Crippen molar-refractivity contribution in [3.8, 4) is 28.5 Å². The molecule has 3 N–H and O–H groups in total. The van der Waals surface area contributed by atoms with Gasteiger partial charge in [-0.25, -0.2) is 9.97 Å². The predicted molar refractivity (Wildman–Crippen MR) is 192 cm³/mol. The molecule has 10 nitrogen and oxygen atoms in total. The minimum absolute atomic E-state index is 0.00880. The number of methoxy groups -OCH3 is 1. The van der Waals surface area contributed by atoms with Crippen molar-refractivity contribution in [3.63, 3.8) is 0 Å². The molecule has 8 rings (SSSR count). The van der Waals surface area contributed by atoms with Crippen molar-refractivity contribution in [2.24, 2.45) is 24.6 Å². The molecule has 1 saturated heterocycles. The molecule has 3 fully saturated rings. The summed E-state index contributed by atoms with van der Waals surface area (Å²) in [5.74, 6) is 2.23. The van der Waals surface area contributed by atoms with Crippen LogP contribution < -0.4 is 15.8 Å². The molecular weight excluding hydrogens is 614 g/mol. The van der Waals surface area contributed by atoms with Crippen molar-refractivity contribution >= 4 is 39.6 Å². The summed E-state index contributed by atoms with van der Waals surface area (Å²) in [5.41, 5.74) is 14.9. The van der Waals surface area contributed by atoms with Gasteiger partial charge in [0.2, 0.25) is 5.91 Å². The highest BCUT2D eigenvalue weighted by molar-refractivity contribution is 6.01. The number of aryl methyl sites for hydroxylation is 1. The van der Waals surface area contributed by atoms with E-state index >= 15 is 0 Å². The molecule has 252 valence electrons.